The van der Waals surface area contributed by atoms with E-state index < -0.39 is 12.1 Å². The third kappa shape index (κ3) is 11.6. The standard InChI is InChI=1S/C11H23NO4.CH4/c1-4-5-6-16-9-10(13)7-12(2,3)8-11(14)15;/h10,13H,4-9H2,1-3H3;1H4. The number of carbonyl (C=O) groups excluding carboxylic acids is 1. The van der Waals surface area contributed by atoms with Crippen LogP contribution >= 0.6 is 0 Å². The zero-order valence-corrected chi connectivity index (χ0v) is 10.4. The van der Waals surface area contributed by atoms with E-state index in [2.05, 4.69) is 6.92 Å². The Morgan fingerprint density at radius 3 is 2.53 bits per heavy atom. The van der Waals surface area contributed by atoms with Gasteiger partial charge in [0.05, 0.1) is 26.7 Å². The van der Waals surface area contributed by atoms with Crippen LogP contribution in [0.25, 0.3) is 0 Å². The lowest BCUT2D eigenvalue weighted by atomic mass is 10.3. The van der Waals surface area contributed by atoms with Crippen molar-refractivity contribution in [2.45, 2.75) is 33.3 Å². The fraction of sp³-hybridized carbons (Fsp3) is 0.917. The van der Waals surface area contributed by atoms with Gasteiger partial charge in [-0.3, -0.25) is 0 Å². The molecule has 0 saturated heterocycles. The first kappa shape index (κ1) is 18.7. The molecule has 0 aromatic carbocycles. The van der Waals surface area contributed by atoms with Crippen LogP contribution in [0.2, 0.25) is 0 Å². The molecule has 0 rings (SSSR count). The van der Waals surface area contributed by atoms with Gasteiger partial charge in [-0.25, -0.2) is 0 Å². The summed E-state index contributed by atoms with van der Waals surface area (Å²) in [6, 6.07) is 0. The van der Waals surface area contributed by atoms with Crippen molar-refractivity contribution in [3.63, 3.8) is 0 Å². The number of carboxylic acids is 1. The molecule has 0 bridgehead atoms. The maximum Gasteiger partial charge on any atom is 0.126 e. The summed E-state index contributed by atoms with van der Waals surface area (Å²) in [6.07, 6.45) is 1.40. The quantitative estimate of drug-likeness (QED) is 0.447. The number of aliphatic hydroxyl groups excluding tert-OH is 1. The topological polar surface area (TPSA) is 69.6 Å². The van der Waals surface area contributed by atoms with Crippen LogP contribution < -0.4 is 5.11 Å². The summed E-state index contributed by atoms with van der Waals surface area (Å²) in [5, 5.41) is 20.1. The summed E-state index contributed by atoms with van der Waals surface area (Å²) < 4.78 is 5.46. The summed E-state index contributed by atoms with van der Waals surface area (Å²) in [5.41, 5.74) is 0. The molecule has 0 aliphatic heterocycles. The van der Waals surface area contributed by atoms with Gasteiger partial charge in [-0.2, -0.15) is 0 Å². The van der Waals surface area contributed by atoms with E-state index >= 15 is 0 Å². The van der Waals surface area contributed by atoms with E-state index in [4.69, 9.17) is 4.74 Å². The Labute approximate surface area is 105 Å². The second-order valence-electron chi connectivity index (χ2n) is 4.73. The number of likely N-dealkylation sites (N-methyl/N-ethyl adjacent to an activating group) is 1. The Kier molecular flexibility index (Phi) is 10.3. The molecule has 0 aromatic heterocycles. The van der Waals surface area contributed by atoms with Gasteiger partial charge < -0.3 is 24.2 Å². The van der Waals surface area contributed by atoms with Crippen molar-refractivity contribution in [2.24, 2.45) is 0 Å². The molecule has 5 nitrogen and oxygen atoms in total. The van der Waals surface area contributed by atoms with Crippen LogP contribution in [0.4, 0.5) is 0 Å². The van der Waals surface area contributed by atoms with Crippen molar-refractivity contribution in [3.05, 3.63) is 0 Å². The highest BCUT2D eigenvalue weighted by atomic mass is 16.5. The molecule has 0 aliphatic rings. The molecule has 0 fully saturated rings. The van der Waals surface area contributed by atoms with Crippen molar-refractivity contribution < 1.29 is 24.2 Å². The smallest absolute Gasteiger partial charge is 0.126 e. The second kappa shape index (κ2) is 9.39. The number of aliphatic hydroxyl groups is 1. The van der Waals surface area contributed by atoms with Crippen LogP contribution in [-0.2, 0) is 9.53 Å². The number of aliphatic carboxylic acids is 1. The fourth-order valence-electron chi connectivity index (χ4n) is 1.50. The molecule has 1 atom stereocenters. The van der Waals surface area contributed by atoms with Crippen LogP contribution in [0.5, 0.6) is 0 Å². The summed E-state index contributed by atoms with van der Waals surface area (Å²) in [7, 11) is 3.48. The monoisotopic (exact) mass is 249 g/mol. The Hall–Kier alpha value is -0.650. The number of quaternary nitrogens is 1. The number of unbranched alkanes of at least 4 members (excludes halogenated alkanes) is 1. The minimum absolute atomic E-state index is 0. The van der Waals surface area contributed by atoms with Crippen LogP contribution in [-0.4, -0.2) is 62.1 Å². The Balaban J connectivity index is 0. The second-order valence-corrected chi connectivity index (χ2v) is 4.73. The number of hydrogen-bond acceptors (Lipinski definition) is 4. The zero-order chi connectivity index (χ0) is 12.6. The molecular formula is C12H27NO4. The largest absolute Gasteiger partial charge is 0.544 e. The van der Waals surface area contributed by atoms with Crippen LogP contribution in [0.15, 0.2) is 0 Å². The number of carbonyl (C=O) groups is 1. The van der Waals surface area contributed by atoms with Gasteiger partial charge in [0.2, 0.25) is 0 Å². The Morgan fingerprint density at radius 1 is 1.47 bits per heavy atom. The van der Waals surface area contributed by atoms with Crippen LogP contribution in [0, 0.1) is 0 Å². The van der Waals surface area contributed by atoms with Gasteiger partial charge in [-0.15, -0.1) is 0 Å². The minimum atomic E-state index is -1.11. The number of hydrogen-bond donors (Lipinski definition) is 1. The van der Waals surface area contributed by atoms with E-state index in [9.17, 15) is 15.0 Å². The van der Waals surface area contributed by atoms with Crippen LogP contribution in [0.3, 0.4) is 0 Å². The first-order chi connectivity index (χ1) is 7.37. The molecule has 0 spiro atoms. The predicted molar refractivity (Wildman–Crippen MR) is 65.3 cm³/mol. The molecule has 0 radical (unpaired) electrons. The normalized spacial score (nSPS) is 12.9. The lowest BCUT2D eigenvalue weighted by Crippen LogP contribution is -2.52. The molecule has 0 amide bonds. The molecule has 0 heterocycles. The van der Waals surface area contributed by atoms with Gasteiger partial charge in [-0.1, -0.05) is 20.8 Å². The maximum atomic E-state index is 10.5. The summed E-state index contributed by atoms with van der Waals surface area (Å²) >= 11 is 0. The van der Waals surface area contributed by atoms with Crippen molar-refractivity contribution in [3.8, 4) is 0 Å². The van der Waals surface area contributed by atoms with E-state index in [0.717, 1.165) is 12.8 Å². The lowest BCUT2D eigenvalue weighted by molar-refractivity contribution is -0.887. The third-order valence-corrected chi connectivity index (χ3v) is 2.21. The highest BCUT2D eigenvalue weighted by Crippen LogP contribution is 2.00. The number of carboxylic acid groups (broad SMARTS) is 1. The van der Waals surface area contributed by atoms with E-state index in [1.54, 1.807) is 14.1 Å². The molecule has 5 heteroatoms. The highest BCUT2D eigenvalue weighted by Gasteiger charge is 2.20. The number of ether oxygens (including phenoxy) is 1. The molecule has 1 N–H and O–H groups in total. The first-order valence-corrected chi connectivity index (χ1v) is 5.65. The van der Waals surface area contributed by atoms with Crippen molar-refractivity contribution >= 4 is 5.97 Å². The third-order valence-electron chi connectivity index (χ3n) is 2.21. The fourth-order valence-corrected chi connectivity index (χ4v) is 1.50. The maximum absolute atomic E-state index is 10.5. The number of nitrogens with zero attached hydrogens (tertiary/aromatic N) is 1. The van der Waals surface area contributed by atoms with E-state index in [0.29, 0.717) is 13.2 Å². The lowest BCUT2D eigenvalue weighted by Gasteiger charge is -2.31. The van der Waals surface area contributed by atoms with Crippen molar-refractivity contribution in [2.75, 3.05) is 40.4 Å². The number of rotatable bonds is 9. The van der Waals surface area contributed by atoms with E-state index in [1.807, 2.05) is 0 Å². The highest BCUT2D eigenvalue weighted by molar-refractivity contribution is 5.65. The predicted octanol–water partition coefficient (Wildman–Crippen LogP) is -0.374. The summed E-state index contributed by atoms with van der Waals surface area (Å²) in [6.45, 7) is 3.21. The van der Waals surface area contributed by atoms with Gasteiger partial charge in [0.1, 0.15) is 19.2 Å². The van der Waals surface area contributed by atoms with Gasteiger partial charge in [0.15, 0.2) is 0 Å². The molecule has 104 valence electrons. The molecule has 1 unspecified atom stereocenters. The van der Waals surface area contributed by atoms with Crippen molar-refractivity contribution in [1.82, 2.24) is 0 Å². The molecule has 0 saturated carbocycles. The summed E-state index contributed by atoms with van der Waals surface area (Å²) in [4.78, 5) is 10.5. The minimum Gasteiger partial charge on any atom is -0.544 e. The Morgan fingerprint density at radius 2 is 2.06 bits per heavy atom. The van der Waals surface area contributed by atoms with Gasteiger partial charge >= 0.3 is 0 Å². The van der Waals surface area contributed by atoms with Gasteiger partial charge in [-0.05, 0) is 6.42 Å². The SMILES string of the molecule is C.CCCCOCC(O)C[N+](C)(C)CC(=O)[O-]. The molecule has 0 aliphatic carbocycles. The molecule has 0 aromatic rings. The van der Waals surface area contributed by atoms with E-state index in [-0.39, 0.29) is 25.1 Å². The van der Waals surface area contributed by atoms with Crippen molar-refractivity contribution in [1.29, 1.82) is 0 Å². The van der Waals surface area contributed by atoms with E-state index in [1.165, 1.54) is 0 Å². The van der Waals surface area contributed by atoms with Crippen LogP contribution in [0.1, 0.15) is 27.2 Å². The van der Waals surface area contributed by atoms with Gasteiger partial charge in [0, 0.05) is 6.61 Å². The average molecular weight is 249 g/mol. The zero-order valence-electron chi connectivity index (χ0n) is 10.4. The van der Waals surface area contributed by atoms with Gasteiger partial charge in [0.25, 0.3) is 0 Å². The average Bonchev–Trinajstić information content (AvgIpc) is 2.09. The molecular weight excluding hydrogens is 222 g/mol. The first-order valence-electron chi connectivity index (χ1n) is 5.65. The Bertz CT molecular complexity index is 207. The summed E-state index contributed by atoms with van der Waals surface area (Å²) in [5.74, 6) is -1.11. The molecule has 17 heavy (non-hydrogen) atoms.